The van der Waals surface area contributed by atoms with Crippen molar-refractivity contribution in [2.45, 2.75) is 58.7 Å². The maximum absolute atomic E-state index is 11.6. The molecule has 0 bridgehead atoms. The van der Waals surface area contributed by atoms with Gasteiger partial charge in [-0.3, -0.25) is 4.79 Å². The van der Waals surface area contributed by atoms with E-state index in [0.29, 0.717) is 12.2 Å². The van der Waals surface area contributed by atoms with Crippen molar-refractivity contribution in [2.24, 2.45) is 0 Å². The summed E-state index contributed by atoms with van der Waals surface area (Å²) in [4.78, 5) is 20.4. The Morgan fingerprint density at radius 1 is 1.16 bits per heavy atom. The topological polar surface area (TPSA) is 52.1 Å². The fourth-order valence-electron chi connectivity index (χ4n) is 1.42. The first kappa shape index (κ1) is 16.0. The quantitative estimate of drug-likeness (QED) is 0.482. The van der Waals surface area contributed by atoms with Crippen LogP contribution in [0.15, 0.2) is 5.16 Å². The van der Waals surface area contributed by atoms with Gasteiger partial charge in [-0.25, -0.2) is 9.97 Å². The van der Waals surface area contributed by atoms with Crippen molar-refractivity contribution in [2.75, 3.05) is 5.75 Å². The van der Waals surface area contributed by atoms with Crippen molar-refractivity contribution in [3.05, 3.63) is 17.0 Å². The molecule has 0 aliphatic carbocycles. The van der Waals surface area contributed by atoms with Crippen molar-refractivity contribution in [1.82, 2.24) is 9.97 Å². The summed E-state index contributed by atoms with van der Waals surface area (Å²) >= 11 is 1.49. The summed E-state index contributed by atoms with van der Waals surface area (Å²) in [5.41, 5.74) is 2.69. The number of aryl methyl sites for hydroxylation is 2. The third-order valence-corrected chi connectivity index (χ3v) is 3.42. The second-order valence-corrected chi connectivity index (χ2v) is 6.55. The second kappa shape index (κ2) is 6.37. The van der Waals surface area contributed by atoms with Gasteiger partial charge < -0.3 is 4.74 Å². The molecule has 0 saturated carbocycles. The van der Waals surface area contributed by atoms with E-state index < -0.39 is 5.60 Å². The first-order chi connectivity index (χ1) is 8.69. The molecule has 1 rings (SSSR count). The fraction of sp³-hybridized carbons (Fsp3) is 0.643. The summed E-state index contributed by atoms with van der Waals surface area (Å²) in [6.07, 6.45) is 0.372. The van der Waals surface area contributed by atoms with E-state index in [4.69, 9.17) is 4.74 Å². The zero-order chi connectivity index (χ0) is 14.6. The van der Waals surface area contributed by atoms with E-state index in [0.717, 1.165) is 22.1 Å². The molecule has 0 saturated heterocycles. The minimum atomic E-state index is -0.421. The SMILES string of the molecule is Cc1nc(SCCC(=O)OC(C)(C)C)nc(C)c1C. The predicted molar refractivity (Wildman–Crippen MR) is 77.4 cm³/mol. The van der Waals surface area contributed by atoms with Crippen LogP contribution < -0.4 is 0 Å². The van der Waals surface area contributed by atoms with Crippen LogP contribution >= 0.6 is 11.8 Å². The number of carbonyl (C=O) groups excluding carboxylic acids is 1. The molecular formula is C14H22N2O2S. The standard InChI is InChI=1S/C14H22N2O2S/c1-9-10(2)15-13(16-11(9)3)19-8-7-12(17)18-14(4,5)6/h7-8H2,1-6H3. The summed E-state index contributed by atoms with van der Waals surface area (Å²) in [7, 11) is 0. The number of carbonyl (C=O) groups is 1. The first-order valence-electron chi connectivity index (χ1n) is 6.35. The molecule has 0 aliphatic rings. The lowest BCUT2D eigenvalue weighted by Crippen LogP contribution is -2.24. The van der Waals surface area contributed by atoms with Crippen molar-refractivity contribution in [3.63, 3.8) is 0 Å². The molecule has 0 spiro atoms. The molecule has 19 heavy (non-hydrogen) atoms. The molecule has 5 heteroatoms. The minimum Gasteiger partial charge on any atom is -0.460 e. The Hall–Kier alpha value is -1.10. The van der Waals surface area contributed by atoms with Gasteiger partial charge in [0.2, 0.25) is 0 Å². The summed E-state index contributed by atoms with van der Waals surface area (Å²) in [6.45, 7) is 11.6. The molecule has 4 nitrogen and oxygen atoms in total. The highest BCUT2D eigenvalue weighted by Crippen LogP contribution is 2.18. The number of thioether (sulfide) groups is 1. The minimum absolute atomic E-state index is 0.180. The zero-order valence-corrected chi connectivity index (χ0v) is 13.3. The summed E-state index contributed by atoms with van der Waals surface area (Å²) in [6, 6.07) is 0. The number of esters is 1. The van der Waals surface area contributed by atoms with Crippen LogP contribution in [0.3, 0.4) is 0 Å². The highest BCUT2D eigenvalue weighted by molar-refractivity contribution is 7.99. The van der Waals surface area contributed by atoms with Crippen molar-refractivity contribution in [3.8, 4) is 0 Å². The highest BCUT2D eigenvalue weighted by Gasteiger charge is 2.16. The largest absolute Gasteiger partial charge is 0.460 e. The average Bonchev–Trinajstić information content (AvgIpc) is 2.23. The molecule has 0 atom stereocenters. The average molecular weight is 282 g/mol. The van der Waals surface area contributed by atoms with Crippen LogP contribution in [-0.4, -0.2) is 27.3 Å². The summed E-state index contributed by atoms with van der Waals surface area (Å²) in [5, 5.41) is 0.726. The number of ether oxygens (including phenoxy) is 1. The molecule has 0 radical (unpaired) electrons. The van der Waals surface area contributed by atoms with E-state index in [1.165, 1.54) is 11.8 Å². The Morgan fingerprint density at radius 3 is 2.16 bits per heavy atom. The van der Waals surface area contributed by atoms with Crippen LogP contribution in [0, 0.1) is 20.8 Å². The number of hydrogen-bond acceptors (Lipinski definition) is 5. The Bertz CT molecular complexity index is 444. The van der Waals surface area contributed by atoms with Gasteiger partial charge in [0.15, 0.2) is 5.16 Å². The second-order valence-electron chi connectivity index (χ2n) is 5.49. The maximum atomic E-state index is 11.6. The molecule has 0 aliphatic heterocycles. The van der Waals surface area contributed by atoms with Gasteiger partial charge in [-0.05, 0) is 47.1 Å². The zero-order valence-electron chi connectivity index (χ0n) is 12.5. The van der Waals surface area contributed by atoms with E-state index in [1.807, 2.05) is 41.5 Å². The van der Waals surface area contributed by atoms with E-state index in [2.05, 4.69) is 9.97 Å². The lowest BCUT2D eigenvalue weighted by atomic mass is 10.2. The highest BCUT2D eigenvalue weighted by atomic mass is 32.2. The van der Waals surface area contributed by atoms with Crippen LogP contribution in [0.2, 0.25) is 0 Å². The van der Waals surface area contributed by atoms with Gasteiger partial charge in [-0.1, -0.05) is 11.8 Å². The van der Waals surface area contributed by atoms with Gasteiger partial charge >= 0.3 is 5.97 Å². The monoisotopic (exact) mass is 282 g/mol. The lowest BCUT2D eigenvalue weighted by Gasteiger charge is -2.19. The Balaban J connectivity index is 2.48. The molecule has 0 aromatic carbocycles. The van der Waals surface area contributed by atoms with Gasteiger partial charge in [0.1, 0.15) is 5.60 Å². The van der Waals surface area contributed by atoms with Crippen LogP contribution in [0.5, 0.6) is 0 Å². The number of hydrogen-bond donors (Lipinski definition) is 0. The van der Waals surface area contributed by atoms with E-state index >= 15 is 0 Å². The first-order valence-corrected chi connectivity index (χ1v) is 7.34. The summed E-state index contributed by atoms with van der Waals surface area (Å²) in [5.74, 6) is 0.456. The van der Waals surface area contributed by atoms with Crippen molar-refractivity contribution >= 4 is 17.7 Å². The van der Waals surface area contributed by atoms with Crippen LogP contribution in [0.4, 0.5) is 0 Å². The van der Waals surface area contributed by atoms with Crippen LogP contribution in [0.1, 0.15) is 44.1 Å². The molecule has 1 aromatic rings. The smallest absolute Gasteiger partial charge is 0.307 e. The number of nitrogens with zero attached hydrogens (tertiary/aromatic N) is 2. The Kier molecular flexibility index (Phi) is 5.35. The van der Waals surface area contributed by atoms with E-state index in [9.17, 15) is 4.79 Å². The van der Waals surface area contributed by atoms with Gasteiger partial charge in [-0.15, -0.1) is 0 Å². The predicted octanol–water partition coefficient (Wildman–Crippen LogP) is 3.23. The molecule has 0 unspecified atom stereocenters. The van der Waals surface area contributed by atoms with Gasteiger partial charge in [-0.2, -0.15) is 0 Å². The Morgan fingerprint density at radius 2 is 1.68 bits per heavy atom. The van der Waals surface area contributed by atoms with Gasteiger partial charge in [0.25, 0.3) is 0 Å². The molecular weight excluding hydrogens is 260 g/mol. The molecule has 0 fully saturated rings. The molecule has 1 aromatic heterocycles. The fourth-order valence-corrected chi connectivity index (χ4v) is 2.28. The maximum Gasteiger partial charge on any atom is 0.307 e. The molecule has 106 valence electrons. The van der Waals surface area contributed by atoms with Crippen molar-refractivity contribution < 1.29 is 9.53 Å². The number of aromatic nitrogens is 2. The van der Waals surface area contributed by atoms with Gasteiger partial charge in [0.05, 0.1) is 6.42 Å². The van der Waals surface area contributed by atoms with E-state index in [-0.39, 0.29) is 5.97 Å². The number of rotatable bonds is 4. The van der Waals surface area contributed by atoms with Gasteiger partial charge in [0, 0.05) is 17.1 Å². The van der Waals surface area contributed by atoms with Crippen LogP contribution in [-0.2, 0) is 9.53 Å². The lowest BCUT2D eigenvalue weighted by molar-refractivity contribution is -0.154. The molecule has 1 heterocycles. The molecule has 0 N–H and O–H groups in total. The van der Waals surface area contributed by atoms with Crippen LogP contribution in [0.25, 0.3) is 0 Å². The van der Waals surface area contributed by atoms with Crippen molar-refractivity contribution in [1.29, 1.82) is 0 Å². The summed E-state index contributed by atoms with van der Waals surface area (Å²) < 4.78 is 5.25. The third-order valence-electron chi connectivity index (χ3n) is 2.57. The Labute approximate surface area is 119 Å². The third kappa shape index (κ3) is 5.59. The van der Waals surface area contributed by atoms with E-state index in [1.54, 1.807) is 0 Å². The molecule has 0 amide bonds. The normalized spacial score (nSPS) is 11.5.